The van der Waals surface area contributed by atoms with Gasteiger partial charge in [0.15, 0.2) is 5.16 Å². The number of H-pyrrole nitrogens is 1. The van der Waals surface area contributed by atoms with E-state index < -0.39 is 0 Å². The number of rotatable bonds is 6. The fourth-order valence-electron chi connectivity index (χ4n) is 2.16. The van der Waals surface area contributed by atoms with Gasteiger partial charge in [0.25, 0.3) is 5.91 Å². The van der Waals surface area contributed by atoms with Crippen LogP contribution in [0.15, 0.2) is 60.0 Å². The van der Waals surface area contributed by atoms with Crippen molar-refractivity contribution in [1.82, 2.24) is 20.5 Å². The van der Waals surface area contributed by atoms with E-state index in [0.29, 0.717) is 12.1 Å². The van der Waals surface area contributed by atoms with Crippen LogP contribution in [0.5, 0.6) is 0 Å². The molecular formula is C18H18N4OS. The molecule has 1 heterocycles. The number of nitrogens with one attached hydrogen (secondary N) is 2. The molecule has 0 spiro atoms. The lowest BCUT2D eigenvalue weighted by molar-refractivity contribution is 0.0951. The van der Waals surface area contributed by atoms with Crippen LogP contribution >= 0.6 is 11.8 Å². The van der Waals surface area contributed by atoms with E-state index >= 15 is 0 Å². The van der Waals surface area contributed by atoms with Gasteiger partial charge in [-0.2, -0.15) is 5.10 Å². The number of carbonyl (C=O) groups excluding carboxylic acids is 1. The summed E-state index contributed by atoms with van der Waals surface area (Å²) in [4.78, 5) is 16.3. The van der Waals surface area contributed by atoms with Gasteiger partial charge in [0.1, 0.15) is 6.33 Å². The summed E-state index contributed by atoms with van der Waals surface area (Å²) in [5.74, 6) is 0.713. The van der Waals surface area contributed by atoms with Gasteiger partial charge in [-0.1, -0.05) is 53.7 Å². The molecular weight excluding hydrogens is 320 g/mol. The molecule has 1 aromatic heterocycles. The van der Waals surface area contributed by atoms with Crippen molar-refractivity contribution in [3.63, 3.8) is 0 Å². The maximum Gasteiger partial charge on any atom is 0.251 e. The molecule has 0 radical (unpaired) electrons. The van der Waals surface area contributed by atoms with Crippen LogP contribution in [0, 0.1) is 6.92 Å². The molecule has 24 heavy (non-hydrogen) atoms. The normalized spacial score (nSPS) is 10.5. The van der Waals surface area contributed by atoms with Gasteiger partial charge < -0.3 is 5.32 Å². The Kier molecular flexibility index (Phi) is 5.28. The van der Waals surface area contributed by atoms with E-state index in [4.69, 9.17) is 0 Å². The van der Waals surface area contributed by atoms with Crippen LogP contribution in [0.25, 0.3) is 0 Å². The Morgan fingerprint density at radius 2 is 1.79 bits per heavy atom. The largest absolute Gasteiger partial charge is 0.348 e. The number of carbonyl (C=O) groups is 1. The second-order valence-corrected chi connectivity index (χ2v) is 6.41. The van der Waals surface area contributed by atoms with Gasteiger partial charge in [0.2, 0.25) is 0 Å². The Hall–Kier alpha value is -2.60. The Morgan fingerprint density at radius 3 is 2.46 bits per heavy atom. The SMILES string of the molecule is Cc1ccc(CNC(=O)c2ccc(CSc3ncn[nH]3)cc2)cc1. The topological polar surface area (TPSA) is 70.7 Å². The summed E-state index contributed by atoms with van der Waals surface area (Å²) in [7, 11) is 0. The Labute approximate surface area is 144 Å². The van der Waals surface area contributed by atoms with Crippen molar-refractivity contribution in [3.05, 3.63) is 77.1 Å². The highest BCUT2D eigenvalue weighted by Gasteiger charge is 2.06. The molecule has 3 rings (SSSR count). The lowest BCUT2D eigenvalue weighted by atomic mass is 10.1. The molecule has 3 aromatic rings. The number of aromatic amines is 1. The van der Waals surface area contributed by atoms with E-state index in [0.717, 1.165) is 22.0 Å². The van der Waals surface area contributed by atoms with Crippen molar-refractivity contribution in [2.45, 2.75) is 24.4 Å². The number of amides is 1. The molecule has 2 N–H and O–H groups in total. The van der Waals surface area contributed by atoms with Crippen LogP contribution in [-0.4, -0.2) is 21.1 Å². The highest BCUT2D eigenvalue weighted by atomic mass is 32.2. The van der Waals surface area contributed by atoms with E-state index in [-0.39, 0.29) is 5.91 Å². The lowest BCUT2D eigenvalue weighted by Crippen LogP contribution is -2.22. The molecule has 0 bridgehead atoms. The summed E-state index contributed by atoms with van der Waals surface area (Å²) in [6, 6.07) is 15.8. The summed E-state index contributed by atoms with van der Waals surface area (Å²) < 4.78 is 0. The molecule has 1 amide bonds. The predicted octanol–water partition coefficient (Wildman–Crippen LogP) is 3.34. The number of hydrogen-bond donors (Lipinski definition) is 2. The molecule has 0 fully saturated rings. The van der Waals surface area contributed by atoms with E-state index in [2.05, 4.69) is 20.5 Å². The molecule has 122 valence electrons. The van der Waals surface area contributed by atoms with Gasteiger partial charge in [-0.25, -0.2) is 4.98 Å². The molecule has 0 unspecified atom stereocenters. The minimum Gasteiger partial charge on any atom is -0.348 e. The van der Waals surface area contributed by atoms with Crippen LogP contribution in [0.2, 0.25) is 0 Å². The van der Waals surface area contributed by atoms with Crippen LogP contribution in [0.1, 0.15) is 27.0 Å². The standard InChI is InChI=1S/C18H18N4OS/c1-13-2-4-14(5-3-13)10-19-17(23)16-8-6-15(7-9-16)11-24-18-20-12-21-22-18/h2-9,12H,10-11H2,1H3,(H,19,23)(H,20,21,22). The maximum absolute atomic E-state index is 12.2. The highest BCUT2D eigenvalue weighted by Crippen LogP contribution is 2.18. The number of hydrogen-bond acceptors (Lipinski definition) is 4. The number of benzene rings is 2. The first-order valence-electron chi connectivity index (χ1n) is 7.61. The third-order valence-electron chi connectivity index (χ3n) is 3.56. The second-order valence-electron chi connectivity index (χ2n) is 5.44. The molecule has 0 saturated carbocycles. The first-order valence-corrected chi connectivity index (χ1v) is 8.60. The second kappa shape index (κ2) is 7.79. The number of nitrogens with zero attached hydrogens (tertiary/aromatic N) is 2. The van der Waals surface area contributed by atoms with Gasteiger partial charge in [-0.15, -0.1) is 0 Å². The average Bonchev–Trinajstić information content (AvgIpc) is 3.13. The van der Waals surface area contributed by atoms with Crippen molar-refractivity contribution in [1.29, 1.82) is 0 Å². The van der Waals surface area contributed by atoms with Gasteiger partial charge in [0.05, 0.1) is 0 Å². The Bertz CT molecular complexity index is 783. The molecule has 0 aliphatic carbocycles. The summed E-state index contributed by atoms with van der Waals surface area (Å²) >= 11 is 1.57. The average molecular weight is 338 g/mol. The van der Waals surface area contributed by atoms with Gasteiger partial charge >= 0.3 is 0 Å². The molecule has 0 saturated heterocycles. The molecule has 0 atom stereocenters. The van der Waals surface area contributed by atoms with Crippen LogP contribution in [0.3, 0.4) is 0 Å². The molecule has 0 aliphatic rings. The molecule has 2 aromatic carbocycles. The fraction of sp³-hybridized carbons (Fsp3) is 0.167. The van der Waals surface area contributed by atoms with Gasteiger partial charge in [-0.05, 0) is 30.2 Å². The van der Waals surface area contributed by atoms with Crippen molar-refractivity contribution in [2.24, 2.45) is 0 Å². The monoisotopic (exact) mass is 338 g/mol. The smallest absolute Gasteiger partial charge is 0.251 e. The molecule has 0 aliphatic heterocycles. The van der Waals surface area contributed by atoms with Crippen LogP contribution < -0.4 is 5.32 Å². The Morgan fingerprint density at radius 1 is 1.08 bits per heavy atom. The lowest BCUT2D eigenvalue weighted by Gasteiger charge is -2.07. The van der Waals surface area contributed by atoms with Crippen molar-refractivity contribution in [2.75, 3.05) is 0 Å². The summed E-state index contributed by atoms with van der Waals surface area (Å²) in [6.45, 7) is 2.58. The van der Waals surface area contributed by atoms with Crippen molar-refractivity contribution < 1.29 is 4.79 Å². The molecule has 5 nitrogen and oxygen atoms in total. The number of aryl methyl sites for hydroxylation is 1. The zero-order valence-electron chi connectivity index (χ0n) is 13.3. The number of aromatic nitrogens is 3. The third-order valence-corrected chi connectivity index (χ3v) is 4.51. The van der Waals surface area contributed by atoms with E-state index in [1.807, 2.05) is 55.5 Å². The minimum atomic E-state index is -0.0648. The highest BCUT2D eigenvalue weighted by molar-refractivity contribution is 7.98. The summed E-state index contributed by atoms with van der Waals surface area (Å²) in [6.07, 6.45) is 1.49. The predicted molar refractivity (Wildman–Crippen MR) is 94.7 cm³/mol. The van der Waals surface area contributed by atoms with Gasteiger partial charge in [-0.3, -0.25) is 9.89 Å². The van der Waals surface area contributed by atoms with Crippen molar-refractivity contribution >= 4 is 17.7 Å². The Balaban J connectivity index is 1.52. The van der Waals surface area contributed by atoms with E-state index in [1.54, 1.807) is 11.8 Å². The third kappa shape index (κ3) is 4.45. The van der Waals surface area contributed by atoms with Crippen LogP contribution in [-0.2, 0) is 12.3 Å². The van der Waals surface area contributed by atoms with Crippen LogP contribution in [0.4, 0.5) is 0 Å². The quantitative estimate of drug-likeness (QED) is 0.676. The zero-order valence-corrected chi connectivity index (χ0v) is 14.1. The van der Waals surface area contributed by atoms with Gasteiger partial charge in [0, 0.05) is 17.9 Å². The van der Waals surface area contributed by atoms with E-state index in [1.165, 1.54) is 11.9 Å². The maximum atomic E-state index is 12.2. The first-order chi connectivity index (χ1) is 11.7. The zero-order chi connectivity index (χ0) is 16.8. The van der Waals surface area contributed by atoms with Crippen molar-refractivity contribution in [3.8, 4) is 0 Å². The first kappa shape index (κ1) is 16.3. The summed E-state index contributed by atoms with van der Waals surface area (Å²) in [5, 5.41) is 10.4. The molecule has 6 heteroatoms. The summed E-state index contributed by atoms with van der Waals surface area (Å²) in [5.41, 5.74) is 4.10. The minimum absolute atomic E-state index is 0.0648. The fourth-order valence-corrected chi connectivity index (χ4v) is 2.89. The number of thioether (sulfide) groups is 1. The van der Waals surface area contributed by atoms with E-state index in [9.17, 15) is 4.79 Å².